The van der Waals surface area contributed by atoms with E-state index in [1.165, 1.54) is 7.11 Å². The van der Waals surface area contributed by atoms with Gasteiger partial charge < -0.3 is 9.84 Å². The molecule has 0 saturated carbocycles. The van der Waals surface area contributed by atoms with Crippen LogP contribution in [-0.4, -0.2) is 24.3 Å². The molecule has 0 saturated heterocycles. The summed E-state index contributed by atoms with van der Waals surface area (Å²) in [6.45, 7) is 3.18. The van der Waals surface area contributed by atoms with Gasteiger partial charge in [0, 0.05) is 0 Å². The van der Waals surface area contributed by atoms with Gasteiger partial charge in [-0.15, -0.1) is 0 Å². The van der Waals surface area contributed by atoms with Gasteiger partial charge in [0.25, 0.3) is 0 Å². The maximum atomic E-state index is 10.6. The molecule has 0 bridgehead atoms. The number of carbonyl (C=O) groups excluding carboxylic acids is 1. The Morgan fingerprint density at radius 2 is 2.00 bits per heavy atom. The van der Waals surface area contributed by atoms with Crippen molar-refractivity contribution in [3.8, 4) is 0 Å². The highest BCUT2D eigenvalue weighted by Gasteiger charge is 2.17. The Kier molecular flexibility index (Phi) is 3.24. The summed E-state index contributed by atoms with van der Waals surface area (Å²) in [6, 6.07) is 0. The fourth-order valence-electron chi connectivity index (χ4n) is 0.383. The lowest BCUT2D eigenvalue weighted by Crippen LogP contribution is -2.23. The summed E-state index contributed by atoms with van der Waals surface area (Å²) in [5.41, 5.74) is 0. The second-order valence-electron chi connectivity index (χ2n) is 2.05. The normalized spacial score (nSPS) is 16.4. The Labute approximate surface area is 54.6 Å². The maximum Gasteiger partial charge on any atom is 0.310 e. The van der Waals surface area contributed by atoms with Crippen molar-refractivity contribution in [3.05, 3.63) is 0 Å². The van der Waals surface area contributed by atoms with Crippen molar-refractivity contribution in [3.63, 3.8) is 0 Å². The Hall–Kier alpha value is -0.570. The molecule has 0 aromatic rings. The van der Waals surface area contributed by atoms with Gasteiger partial charge in [-0.05, 0) is 13.8 Å². The van der Waals surface area contributed by atoms with E-state index < -0.39 is 12.0 Å². The van der Waals surface area contributed by atoms with Gasteiger partial charge in [-0.1, -0.05) is 0 Å². The molecule has 3 nitrogen and oxygen atoms in total. The molecule has 0 fully saturated rings. The molecule has 0 heterocycles. The topological polar surface area (TPSA) is 46.5 Å². The molecule has 1 N–H and O–H groups in total. The number of aliphatic hydroxyl groups is 1. The Bertz CT molecular complexity index is 98.5. The zero-order chi connectivity index (χ0) is 7.44. The lowest BCUT2D eigenvalue weighted by molar-refractivity contribution is -0.148. The van der Waals surface area contributed by atoms with Crippen molar-refractivity contribution in [2.45, 2.75) is 20.0 Å². The van der Waals surface area contributed by atoms with Crippen LogP contribution in [0.2, 0.25) is 0 Å². The van der Waals surface area contributed by atoms with Crippen LogP contribution in [0.25, 0.3) is 0 Å². The number of rotatable bonds is 2. The molecule has 9 heavy (non-hydrogen) atoms. The number of hydrogen-bond donors (Lipinski definition) is 1. The summed E-state index contributed by atoms with van der Waals surface area (Å²) < 4.78 is 4.37. The monoisotopic (exact) mass is 132 g/mol. The van der Waals surface area contributed by atoms with Crippen molar-refractivity contribution in [1.82, 2.24) is 0 Å². The summed E-state index contributed by atoms with van der Waals surface area (Å²) in [7, 11) is 1.31. The predicted octanol–water partition coefficient (Wildman–Crippen LogP) is 0.176. The minimum absolute atomic E-state index is 0.370. The average molecular weight is 132 g/mol. The molecule has 0 rings (SSSR count). The van der Waals surface area contributed by atoms with Crippen molar-refractivity contribution in [2.75, 3.05) is 7.11 Å². The molecule has 3 heteroatoms. The third-order valence-electron chi connectivity index (χ3n) is 1.30. The Morgan fingerprint density at radius 1 is 1.56 bits per heavy atom. The molecule has 0 aromatic heterocycles. The second kappa shape index (κ2) is 3.45. The van der Waals surface area contributed by atoms with Gasteiger partial charge in [0.05, 0.1) is 19.1 Å². The van der Waals surface area contributed by atoms with E-state index in [1.807, 2.05) is 0 Å². The van der Waals surface area contributed by atoms with Crippen LogP contribution in [0.15, 0.2) is 0 Å². The molecule has 0 amide bonds. The van der Waals surface area contributed by atoms with E-state index in [1.54, 1.807) is 13.8 Å². The average Bonchev–Trinajstić information content (AvgIpc) is 1.84. The van der Waals surface area contributed by atoms with Gasteiger partial charge >= 0.3 is 5.97 Å². The van der Waals surface area contributed by atoms with Crippen LogP contribution in [0.3, 0.4) is 0 Å². The van der Waals surface area contributed by atoms with Gasteiger partial charge in [-0.3, -0.25) is 4.79 Å². The first-order valence-electron chi connectivity index (χ1n) is 2.85. The summed E-state index contributed by atoms with van der Waals surface area (Å²) in [5, 5.41) is 8.82. The number of carbonyl (C=O) groups is 1. The second-order valence-corrected chi connectivity index (χ2v) is 2.05. The summed E-state index contributed by atoms with van der Waals surface area (Å²) >= 11 is 0. The van der Waals surface area contributed by atoms with E-state index in [0.29, 0.717) is 0 Å². The van der Waals surface area contributed by atoms with E-state index >= 15 is 0 Å². The largest absolute Gasteiger partial charge is 0.469 e. The lowest BCUT2D eigenvalue weighted by atomic mass is 10.1. The third kappa shape index (κ3) is 2.46. The Morgan fingerprint density at radius 3 is 2.11 bits per heavy atom. The zero-order valence-corrected chi connectivity index (χ0v) is 5.92. The van der Waals surface area contributed by atoms with Crippen LogP contribution < -0.4 is 0 Å². The van der Waals surface area contributed by atoms with Crippen LogP contribution in [0, 0.1) is 5.92 Å². The number of ether oxygens (including phenoxy) is 1. The molecule has 0 aromatic carbocycles. The zero-order valence-electron chi connectivity index (χ0n) is 5.92. The van der Waals surface area contributed by atoms with Gasteiger partial charge in [0.2, 0.25) is 0 Å². The maximum absolute atomic E-state index is 10.6. The van der Waals surface area contributed by atoms with Crippen LogP contribution in [-0.2, 0) is 9.53 Å². The molecule has 0 aliphatic rings. The molecule has 0 aliphatic heterocycles. The molecule has 0 aliphatic carbocycles. The fraction of sp³-hybridized carbons (Fsp3) is 0.833. The van der Waals surface area contributed by atoms with Crippen molar-refractivity contribution in [1.29, 1.82) is 0 Å². The first-order valence-corrected chi connectivity index (χ1v) is 2.85. The van der Waals surface area contributed by atoms with E-state index in [2.05, 4.69) is 4.74 Å². The molecule has 0 spiro atoms. The fourth-order valence-corrected chi connectivity index (χ4v) is 0.383. The lowest BCUT2D eigenvalue weighted by Gasteiger charge is -2.10. The molecule has 0 radical (unpaired) electrons. The van der Waals surface area contributed by atoms with Gasteiger partial charge in [0.15, 0.2) is 0 Å². The Balaban J connectivity index is 3.72. The predicted molar refractivity (Wildman–Crippen MR) is 32.9 cm³/mol. The third-order valence-corrected chi connectivity index (χ3v) is 1.30. The van der Waals surface area contributed by atoms with E-state index in [4.69, 9.17) is 5.11 Å². The quantitative estimate of drug-likeness (QED) is 0.545. The van der Waals surface area contributed by atoms with E-state index in [9.17, 15) is 4.79 Å². The molecular formula is C6H12O3. The summed E-state index contributed by atoms with van der Waals surface area (Å²) in [6.07, 6.45) is -0.627. The summed E-state index contributed by atoms with van der Waals surface area (Å²) in [4.78, 5) is 10.6. The number of methoxy groups -OCH3 is 1. The highest BCUT2D eigenvalue weighted by atomic mass is 16.5. The first-order chi connectivity index (χ1) is 4.09. The number of aliphatic hydroxyl groups excluding tert-OH is 1. The smallest absolute Gasteiger partial charge is 0.310 e. The molecular weight excluding hydrogens is 120 g/mol. The highest BCUT2D eigenvalue weighted by Crippen LogP contribution is 2.02. The minimum atomic E-state index is -0.627. The van der Waals surface area contributed by atoms with Crippen LogP contribution in [0.5, 0.6) is 0 Å². The molecule has 0 unspecified atom stereocenters. The van der Waals surface area contributed by atoms with Crippen LogP contribution in [0.4, 0.5) is 0 Å². The van der Waals surface area contributed by atoms with E-state index in [-0.39, 0.29) is 5.97 Å². The number of hydrogen-bond acceptors (Lipinski definition) is 3. The van der Waals surface area contributed by atoms with Gasteiger partial charge in [0.1, 0.15) is 0 Å². The molecule has 2 atom stereocenters. The highest BCUT2D eigenvalue weighted by molar-refractivity contribution is 5.72. The SMILES string of the molecule is COC(=O)[C@@H](C)[C@@H](C)O. The van der Waals surface area contributed by atoms with Crippen LogP contribution >= 0.6 is 0 Å². The van der Waals surface area contributed by atoms with E-state index in [0.717, 1.165) is 0 Å². The van der Waals surface area contributed by atoms with Crippen molar-refractivity contribution >= 4 is 5.97 Å². The number of esters is 1. The minimum Gasteiger partial charge on any atom is -0.469 e. The van der Waals surface area contributed by atoms with Crippen LogP contribution in [0.1, 0.15) is 13.8 Å². The standard InChI is InChI=1S/C6H12O3/c1-4(5(2)7)6(8)9-3/h4-5,7H,1-3H3/t4-,5+/m0/s1. The molecule has 54 valence electrons. The van der Waals surface area contributed by atoms with Crippen molar-refractivity contribution < 1.29 is 14.6 Å². The van der Waals surface area contributed by atoms with Gasteiger partial charge in [-0.25, -0.2) is 0 Å². The summed E-state index contributed by atoms with van der Waals surface area (Å²) in [5.74, 6) is -0.792. The first kappa shape index (κ1) is 8.43. The van der Waals surface area contributed by atoms with Gasteiger partial charge in [-0.2, -0.15) is 0 Å². The van der Waals surface area contributed by atoms with Crippen molar-refractivity contribution in [2.24, 2.45) is 5.92 Å².